The zero-order chi connectivity index (χ0) is 49.9. The van der Waals surface area contributed by atoms with Gasteiger partial charge in [0, 0.05) is 38.0 Å². The molecule has 15 heteroatoms. The van der Waals surface area contributed by atoms with Crippen LogP contribution in [0.3, 0.4) is 0 Å². The fourth-order valence-electron chi connectivity index (χ4n) is 6.83. The first-order chi connectivity index (χ1) is 28.7. The van der Waals surface area contributed by atoms with Crippen LogP contribution in [0.5, 0.6) is 5.75 Å². The van der Waals surface area contributed by atoms with Gasteiger partial charge in [-0.2, -0.15) is 0 Å². The lowest BCUT2D eigenvalue weighted by Crippen LogP contribution is -2.59. The average molecular weight is 973 g/mol. The Balaban J connectivity index is 2.91. The molecule has 1 amide bonds. The quantitative estimate of drug-likeness (QED) is 0.0609. The van der Waals surface area contributed by atoms with Crippen molar-refractivity contribution in [2.45, 2.75) is 213 Å². The van der Waals surface area contributed by atoms with Crippen molar-refractivity contribution < 1.29 is 46.7 Å². The van der Waals surface area contributed by atoms with Gasteiger partial charge in [0.15, 0.2) is 33.3 Å². The van der Waals surface area contributed by atoms with Gasteiger partial charge in [-0.1, -0.05) is 102 Å². The summed E-state index contributed by atoms with van der Waals surface area (Å²) < 4.78 is 47.9. The highest BCUT2D eigenvalue weighted by Gasteiger charge is 2.65. The summed E-state index contributed by atoms with van der Waals surface area (Å²) in [6.45, 7) is 50.3. The number of nitrogens with zero attached hydrogens (tertiary/aromatic N) is 1. The lowest BCUT2D eigenvalue weighted by Gasteiger charge is -2.48. The summed E-state index contributed by atoms with van der Waals surface area (Å²) in [5.41, 5.74) is 0.279. The van der Waals surface area contributed by atoms with Gasteiger partial charge in [0.05, 0.1) is 58.3 Å². The minimum Gasteiger partial charge on any atom is -0.497 e. The first-order valence-electron chi connectivity index (χ1n) is 23.7. The second kappa shape index (κ2) is 21.8. The minimum absolute atomic E-state index is 0.00195. The topological polar surface area (TPSA) is 118 Å². The van der Waals surface area contributed by atoms with Crippen LogP contribution >= 0.6 is 0 Å². The van der Waals surface area contributed by atoms with Gasteiger partial charge < -0.3 is 37.0 Å². The third kappa shape index (κ3) is 15.3. The van der Waals surface area contributed by atoms with Crippen LogP contribution in [0, 0.1) is 17.8 Å². The summed E-state index contributed by atoms with van der Waals surface area (Å²) in [5, 5.41) is 14.4. The van der Waals surface area contributed by atoms with Crippen LogP contribution < -0.4 is 4.74 Å². The highest BCUT2D eigenvalue weighted by molar-refractivity contribution is 6.75. The lowest BCUT2D eigenvalue weighted by atomic mass is 9.78. The Morgan fingerprint density at radius 2 is 1.16 bits per heavy atom. The zero-order valence-corrected chi connectivity index (χ0v) is 49.5. The van der Waals surface area contributed by atoms with E-state index < -0.39 is 69.0 Å². The maximum atomic E-state index is 14.0. The number of epoxide rings is 1. The number of hydroxylamine groups is 2. The van der Waals surface area contributed by atoms with E-state index in [-0.39, 0.29) is 57.7 Å². The Hall–Kier alpha value is -0.962. The number of carbonyl (C=O) groups excluding carboxylic acids is 1. The first kappa shape index (κ1) is 59.2. The van der Waals surface area contributed by atoms with E-state index in [1.165, 1.54) is 12.2 Å². The molecule has 11 nitrogen and oxygen atoms in total. The zero-order valence-electron chi connectivity index (χ0n) is 45.5. The van der Waals surface area contributed by atoms with Gasteiger partial charge in [-0.25, -0.2) is 5.06 Å². The number of aliphatic hydroxyl groups is 1. The molecule has 0 bridgehead atoms. The van der Waals surface area contributed by atoms with Crippen LogP contribution in [0.25, 0.3) is 0 Å². The summed E-state index contributed by atoms with van der Waals surface area (Å²) in [4.78, 5) is 19.4. The number of hydrogen-bond donors (Lipinski definition) is 1. The fraction of sp³-hybridized carbons (Fsp3) is 0.857. The lowest BCUT2D eigenvalue weighted by molar-refractivity contribution is -0.172. The molecule has 2 rings (SSSR count). The number of carbonyl (C=O) groups is 1. The number of rotatable bonds is 24. The molecule has 0 radical (unpaired) electrons. The van der Waals surface area contributed by atoms with Gasteiger partial charge in [0.1, 0.15) is 11.4 Å². The Labute approximate surface area is 396 Å². The maximum Gasteiger partial charge on any atom is 0.248 e. The molecule has 1 N–H and O–H groups in total. The molecule has 374 valence electrons. The molecular weight excluding hydrogens is 875 g/mol. The van der Waals surface area contributed by atoms with Crippen molar-refractivity contribution in [1.82, 2.24) is 5.06 Å². The van der Waals surface area contributed by atoms with Gasteiger partial charge in [-0.15, -0.1) is 0 Å². The number of aliphatic hydroxyl groups excluding tert-OH is 1. The van der Waals surface area contributed by atoms with Crippen LogP contribution in [0.1, 0.15) is 109 Å². The van der Waals surface area contributed by atoms with E-state index in [1.807, 2.05) is 24.3 Å². The molecule has 8 atom stereocenters. The van der Waals surface area contributed by atoms with Crippen LogP contribution in [0.4, 0.5) is 0 Å². The molecule has 1 aliphatic heterocycles. The number of ether oxygens (including phenoxy) is 3. The van der Waals surface area contributed by atoms with Crippen molar-refractivity contribution in [1.29, 1.82) is 0 Å². The Kier molecular flexibility index (Phi) is 20.1. The van der Waals surface area contributed by atoms with Crippen molar-refractivity contribution in [2.75, 3.05) is 41.1 Å². The van der Waals surface area contributed by atoms with Gasteiger partial charge in [0.2, 0.25) is 5.91 Å². The predicted octanol–water partition coefficient (Wildman–Crippen LogP) is 11.8. The SMILES string of the molecule is COc1ccc(COC[C@H](C)[C@H]2O[C@]2(C)[C@@H](O[Si](C)(C)C(C)(C)C)[C@@H](CO[Si](C)(C)C(C)(C)C)[C@H](O)[C@@H](CO[Si](C)(C)C(C)(C)C)[C@@H](CC(=O)N(C)OC)O[Si](C)(C)C(C)(C)C)cc1. The van der Waals surface area contributed by atoms with Crippen LogP contribution in [0.15, 0.2) is 24.3 Å². The molecule has 1 heterocycles. The molecule has 1 aromatic carbocycles. The van der Waals surface area contributed by atoms with Crippen molar-refractivity contribution in [2.24, 2.45) is 17.8 Å². The molecule has 1 aromatic rings. The molecule has 0 aliphatic carbocycles. The van der Waals surface area contributed by atoms with Crippen LogP contribution in [-0.4, -0.2) is 120 Å². The number of amides is 1. The molecule has 1 fully saturated rings. The molecule has 0 spiro atoms. The summed E-state index contributed by atoms with van der Waals surface area (Å²) >= 11 is 0. The monoisotopic (exact) mass is 972 g/mol. The van der Waals surface area contributed by atoms with Gasteiger partial charge in [0.25, 0.3) is 0 Å². The average Bonchev–Trinajstić information content (AvgIpc) is 3.84. The summed E-state index contributed by atoms with van der Waals surface area (Å²) in [5.74, 6) is -0.634. The molecule has 1 saturated heterocycles. The minimum atomic E-state index is -2.55. The van der Waals surface area contributed by atoms with E-state index in [2.05, 4.69) is 149 Å². The van der Waals surface area contributed by atoms with E-state index in [1.54, 1.807) is 14.2 Å². The van der Waals surface area contributed by atoms with Gasteiger partial charge in [-0.3, -0.25) is 9.63 Å². The molecule has 1 aliphatic rings. The molecule has 0 unspecified atom stereocenters. The standard InChI is InChI=1S/C49H97NO10Si4/c1-35(31-55-32-36-26-28-37(53-16)29-27-36)43-49(14,58-43)44(60-64(24,25)48(11,12)13)39(34-57-62(20,21)46(5,6)7)42(52)38(33-56-61(18,19)45(2,3)4)40(30-41(51)50(15)54-17)59-63(22,23)47(8,9)10/h26-29,35,38-40,42-44,52H,30-34H2,1-25H3/t35-,38-,39-,40+,42+,43+,44-,49-/m0/s1. The van der Waals surface area contributed by atoms with Crippen molar-refractivity contribution >= 4 is 39.2 Å². The first-order valence-corrected chi connectivity index (χ1v) is 35.3. The smallest absolute Gasteiger partial charge is 0.248 e. The number of methoxy groups -OCH3 is 1. The summed E-state index contributed by atoms with van der Waals surface area (Å²) in [7, 11) is -5.09. The van der Waals surface area contributed by atoms with Crippen LogP contribution in [0.2, 0.25) is 72.5 Å². The van der Waals surface area contributed by atoms with Crippen molar-refractivity contribution in [3.05, 3.63) is 29.8 Å². The summed E-state index contributed by atoms with van der Waals surface area (Å²) in [6.07, 6.45) is -2.57. The van der Waals surface area contributed by atoms with E-state index in [0.29, 0.717) is 13.2 Å². The Morgan fingerprint density at radius 1 is 0.719 bits per heavy atom. The second-order valence-electron chi connectivity index (χ2n) is 25.0. The van der Waals surface area contributed by atoms with E-state index in [0.717, 1.165) is 11.3 Å². The van der Waals surface area contributed by atoms with Crippen LogP contribution in [-0.2, 0) is 43.4 Å². The largest absolute Gasteiger partial charge is 0.497 e. The maximum absolute atomic E-state index is 14.0. The van der Waals surface area contributed by atoms with Crippen molar-refractivity contribution in [3.63, 3.8) is 0 Å². The highest BCUT2D eigenvalue weighted by Crippen LogP contribution is 2.52. The predicted molar refractivity (Wildman–Crippen MR) is 273 cm³/mol. The Bertz CT molecular complexity index is 1610. The van der Waals surface area contributed by atoms with E-state index >= 15 is 0 Å². The van der Waals surface area contributed by atoms with Gasteiger partial charge >= 0.3 is 0 Å². The van der Waals surface area contributed by atoms with Crippen molar-refractivity contribution in [3.8, 4) is 5.75 Å². The molecule has 0 aromatic heterocycles. The molecular formula is C49H97NO10Si4. The number of benzene rings is 1. The third-order valence-corrected chi connectivity index (χ3v) is 33.9. The summed E-state index contributed by atoms with van der Waals surface area (Å²) in [6, 6.07) is 7.93. The third-order valence-electron chi connectivity index (χ3n) is 15.9. The molecule has 0 saturated carbocycles. The van der Waals surface area contributed by atoms with Gasteiger partial charge in [-0.05, 0) is 97.1 Å². The van der Waals surface area contributed by atoms with E-state index in [4.69, 9.17) is 36.8 Å². The molecule has 64 heavy (non-hydrogen) atoms. The van der Waals surface area contributed by atoms with E-state index in [9.17, 15) is 9.90 Å². The normalized spacial score (nSPS) is 21.2. The second-order valence-corrected chi connectivity index (χ2v) is 44.1. The fourth-order valence-corrected chi connectivity index (χ4v) is 11.7. The Morgan fingerprint density at radius 3 is 1.58 bits per heavy atom. The highest BCUT2D eigenvalue weighted by atomic mass is 28.4. The number of hydrogen-bond acceptors (Lipinski definition) is 10.